The SMILES string of the molecule is COC(=O)[C@@H]1C[C@@H](NC(=O)c2ccccc2-c2ccccc2)CN1Cc1cc(Cl)ccc1O. The van der Waals surface area contributed by atoms with E-state index in [4.69, 9.17) is 16.3 Å². The van der Waals surface area contributed by atoms with Gasteiger partial charge in [0.05, 0.1) is 7.11 Å². The summed E-state index contributed by atoms with van der Waals surface area (Å²) in [5.74, 6) is -0.472. The van der Waals surface area contributed by atoms with E-state index in [0.29, 0.717) is 35.7 Å². The van der Waals surface area contributed by atoms with E-state index in [9.17, 15) is 14.7 Å². The van der Waals surface area contributed by atoms with Gasteiger partial charge in [0, 0.05) is 35.3 Å². The number of amides is 1. The number of ether oxygens (including phenoxy) is 1. The molecule has 0 aromatic heterocycles. The molecule has 1 saturated heterocycles. The molecule has 170 valence electrons. The Balaban J connectivity index is 1.53. The second-order valence-electron chi connectivity index (χ2n) is 8.06. The van der Waals surface area contributed by atoms with E-state index >= 15 is 0 Å². The second-order valence-corrected chi connectivity index (χ2v) is 8.50. The number of esters is 1. The maximum Gasteiger partial charge on any atom is 0.323 e. The number of methoxy groups -OCH3 is 1. The van der Waals surface area contributed by atoms with Crippen LogP contribution in [0.5, 0.6) is 5.75 Å². The fraction of sp³-hybridized carbons (Fsp3) is 0.231. The fourth-order valence-electron chi connectivity index (χ4n) is 4.28. The van der Waals surface area contributed by atoms with E-state index in [-0.39, 0.29) is 23.7 Å². The summed E-state index contributed by atoms with van der Waals surface area (Å²) in [6.45, 7) is 0.740. The lowest BCUT2D eigenvalue weighted by atomic mass is 9.99. The van der Waals surface area contributed by atoms with Gasteiger partial charge in [0.15, 0.2) is 0 Å². The first-order valence-electron chi connectivity index (χ1n) is 10.7. The Hall–Kier alpha value is -3.35. The number of carbonyl (C=O) groups is 2. The minimum atomic E-state index is -0.539. The zero-order chi connectivity index (χ0) is 23.4. The molecular formula is C26H25ClN2O4. The highest BCUT2D eigenvalue weighted by Crippen LogP contribution is 2.28. The molecule has 33 heavy (non-hydrogen) atoms. The number of aromatic hydroxyl groups is 1. The molecule has 3 aromatic carbocycles. The largest absolute Gasteiger partial charge is 0.508 e. The molecule has 0 bridgehead atoms. The molecule has 3 aromatic rings. The summed E-state index contributed by atoms with van der Waals surface area (Å²) in [5, 5.41) is 13.8. The number of carbonyl (C=O) groups excluding carboxylic acids is 2. The van der Waals surface area contributed by atoms with Crippen LogP contribution in [0, 0.1) is 0 Å². The van der Waals surface area contributed by atoms with Crippen molar-refractivity contribution in [3.05, 3.63) is 88.9 Å². The highest BCUT2D eigenvalue weighted by atomic mass is 35.5. The van der Waals surface area contributed by atoms with Gasteiger partial charge in [-0.15, -0.1) is 0 Å². The van der Waals surface area contributed by atoms with Crippen LogP contribution in [0.3, 0.4) is 0 Å². The molecule has 0 unspecified atom stereocenters. The van der Waals surface area contributed by atoms with Crippen molar-refractivity contribution in [1.29, 1.82) is 0 Å². The monoisotopic (exact) mass is 464 g/mol. The van der Waals surface area contributed by atoms with Gasteiger partial charge in [-0.05, 0) is 41.8 Å². The standard InChI is InChI=1S/C26H25ClN2O4/c1-33-26(32)23-14-20(16-29(23)15-18-13-19(27)11-12-24(18)30)28-25(31)22-10-6-5-9-21(22)17-7-3-2-4-8-17/h2-13,20,23,30H,14-16H2,1H3,(H,28,31)/t20-,23+/m1/s1. The highest BCUT2D eigenvalue weighted by molar-refractivity contribution is 6.30. The van der Waals surface area contributed by atoms with E-state index in [1.54, 1.807) is 18.2 Å². The van der Waals surface area contributed by atoms with Gasteiger partial charge < -0.3 is 15.2 Å². The second kappa shape index (κ2) is 10.1. The number of benzene rings is 3. The van der Waals surface area contributed by atoms with Crippen LogP contribution in [0.1, 0.15) is 22.3 Å². The van der Waals surface area contributed by atoms with E-state index in [1.165, 1.54) is 13.2 Å². The molecule has 0 spiro atoms. The molecule has 1 aliphatic heterocycles. The fourth-order valence-corrected chi connectivity index (χ4v) is 4.47. The van der Waals surface area contributed by atoms with Crippen molar-refractivity contribution in [3.8, 4) is 16.9 Å². The minimum Gasteiger partial charge on any atom is -0.508 e. The third kappa shape index (κ3) is 5.18. The lowest BCUT2D eigenvalue weighted by molar-refractivity contribution is -0.146. The van der Waals surface area contributed by atoms with Crippen LogP contribution >= 0.6 is 11.6 Å². The van der Waals surface area contributed by atoms with E-state index < -0.39 is 6.04 Å². The number of rotatable bonds is 6. The van der Waals surface area contributed by atoms with Gasteiger partial charge in [0.25, 0.3) is 5.91 Å². The molecule has 6 nitrogen and oxygen atoms in total. The average molecular weight is 465 g/mol. The number of nitrogens with one attached hydrogen (secondary N) is 1. The van der Waals surface area contributed by atoms with Gasteiger partial charge in [0.1, 0.15) is 11.8 Å². The van der Waals surface area contributed by atoms with Gasteiger partial charge in [-0.25, -0.2) is 0 Å². The number of phenolic OH excluding ortho intramolecular Hbond substituents is 1. The van der Waals surface area contributed by atoms with Crippen molar-refractivity contribution in [1.82, 2.24) is 10.2 Å². The Labute approximate surface area is 197 Å². The van der Waals surface area contributed by atoms with Crippen molar-refractivity contribution >= 4 is 23.5 Å². The van der Waals surface area contributed by atoms with Crippen LogP contribution in [0.15, 0.2) is 72.8 Å². The molecular weight excluding hydrogens is 440 g/mol. The minimum absolute atomic E-state index is 0.104. The zero-order valence-corrected chi connectivity index (χ0v) is 19.0. The van der Waals surface area contributed by atoms with Crippen molar-refractivity contribution in [3.63, 3.8) is 0 Å². The first-order chi connectivity index (χ1) is 16.0. The van der Waals surface area contributed by atoms with Gasteiger partial charge in [0.2, 0.25) is 0 Å². The Morgan fingerprint density at radius 2 is 1.82 bits per heavy atom. The van der Waals surface area contributed by atoms with E-state index in [2.05, 4.69) is 5.32 Å². The molecule has 2 N–H and O–H groups in total. The van der Waals surface area contributed by atoms with Gasteiger partial charge in [-0.2, -0.15) is 0 Å². The van der Waals surface area contributed by atoms with E-state index in [1.807, 2.05) is 53.4 Å². The zero-order valence-electron chi connectivity index (χ0n) is 18.2. The third-order valence-corrected chi connectivity index (χ3v) is 6.12. The molecule has 1 amide bonds. The predicted octanol–water partition coefficient (Wildman–Crippen LogP) is 4.26. The smallest absolute Gasteiger partial charge is 0.323 e. The average Bonchev–Trinajstić information content (AvgIpc) is 3.23. The van der Waals surface area contributed by atoms with Gasteiger partial charge >= 0.3 is 5.97 Å². The molecule has 1 heterocycles. The normalized spacial score (nSPS) is 18.1. The maximum absolute atomic E-state index is 13.2. The van der Waals surface area contributed by atoms with Crippen LogP contribution in [0.25, 0.3) is 11.1 Å². The van der Waals surface area contributed by atoms with Crippen molar-refractivity contribution in [2.75, 3.05) is 13.7 Å². The molecule has 0 radical (unpaired) electrons. The quantitative estimate of drug-likeness (QED) is 0.533. The van der Waals surface area contributed by atoms with Crippen molar-refractivity contribution in [2.24, 2.45) is 0 Å². The summed E-state index contributed by atoms with van der Waals surface area (Å²) in [6, 6.07) is 21.2. The molecule has 1 fully saturated rings. The number of halogens is 1. The number of hydrogen-bond acceptors (Lipinski definition) is 5. The molecule has 0 aliphatic carbocycles. The predicted molar refractivity (Wildman–Crippen MR) is 127 cm³/mol. The van der Waals surface area contributed by atoms with Crippen LogP contribution in [0.4, 0.5) is 0 Å². The summed E-state index contributed by atoms with van der Waals surface area (Å²) in [7, 11) is 1.35. The Bertz CT molecular complexity index is 1150. The highest BCUT2D eigenvalue weighted by Gasteiger charge is 2.38. The van der Waals surface area contributed by atoms with Crippen molar-refractivity contribution < 1.29 is 19.4 Å². The van der Waals surface area contributed by atoms with Crippen LogP contribution in [-0.4, -0.2) is 47.6 Å². The number of phenols is 1. The van der Waals surface area contributed by atoms with Gasteiger partial charge in [-0.1, -0.05) is 60.1 Å². The molecule has 0 saturated carbocycles. The summed E-state index contributed by atoms with van der Waals surface area (Å²) >= 11 is 6.08. The maximum atomic E-state index is 13.2. The molecule has 7 heteroatoms. The Kier molecular flexibility index (Phi) is 6.96. The topological polar surface area (TPSA) is 78.9 Å². The van der Waals surface area contributed by atoms with Gasteiger partial charge in [-0.3, -0.25) is 14.5 Å². The van der Waals surface area contributed by atoms with Crippen molar-refractivity contribution in [2.45, 2.75) is 25.0 Å². The summed E-state index contributed by atoms with van der Waals surface area (Å²) in [4.78, 5) is 27.5. The Morgan fingerprint density at radius 1 is 1.09 bits per heavy atom. The van der Waals surface area contributed by atoms with Crippen LogP contribution in [0.2, 0.25) is 5.02 Å². The lowest BCUT2D eigenvalue weighted by Gasteiger charge is -2.22. The first kappa shape index (κ1) is 22.8. The molecule has 4 rings (SSSR count). The molecule has 2 atom stereocenters. The lowest BCUT2D eigenvalue weighted by Crippen LogP contribution is -2.38. The number of hydrogen-bond donors (Lipinski definition) is 2. The number of nitrogens with zero attached hydrogens (tertiary/aromatic N) is 1. The Morgan fingerprint density at radius 3 is 2.58 bits per heavy atom. The molecule has 1 aliphatic rings. The summed E-state index contributed by atoms with van der Waals surface area (Å²) in [6.07, 6.45) is 0.410. The van der Waals surface area contributed by atoms with Crippen LogP contribution < -0.4 is 5.32 Å². The van der Waals surface area contributed by atoms with E-state index in [0.717, 1.165) is 11.1 Å². The summed E-state index contributed by atoms with van der Waals surface area (Å²) in [5.41, 5.74) is 2.99. The van der Waals surface area contributed by atoms with Crippen LogP contribution in [-0.2, 0) is 16.1 Å². The third-order valence-electron chi connectivity index (χ3n) is 5.88. The first-order valence-corrected chi connectivity index (χ1v) is 11.1. The number of likely N-dealkylation sites (tertiary alicyclic amines) is 1. The summed E-state index contributed by atoms with van der Waals surface area (Å²) < 4.78 is 4.99.